The number of nitrogens with zero attached hydrogens (tertiary/aromatic N) is 2. The van der Waals surface area contributed by atoms with E-state index >= 15 is 0 Å². The van der Waals surface area contributed by atoms with Crippen molar-refractivity contribution in [3.63, 3.8) is 0 Å². The maximum atomic E-state index is 4.61. The van der Waals surface area contributed by atoms with Crippen LogP contribution in [0.5, 0.6) is 0 Å². The van der Waals surface area contributed by atoms with Crippen molar-refractivity contribution >= 4 is 75.4 Å². The minimum Gasteiger partial charge on any atom is -0.364 e. The van der Waals surface area contributed by atoms with Gasteiger partial charge in [-0.25, -0.2) is 0 Å². The topological polar surface area (TPSA) is 6.48 Å². The number of rotatable bonds is 0. The fraction of sp³-hybridized carbons (Fsp3) is 0.667. The maximum Gasteiger partial charge on any atom is 0.132 e. The van der Waals surface area contributed by atoms with Gasteiger partial charge in [-0.2, -0.15) is 0 Å². The fourth-order valence-electron chi connectivity index (χ4n) is 0. The SMILES string of the molecule is CN(C)C(=S)S.CN(C)C(=S)S.[Se]. The van der Waals surface area contributed by atoms with E-state index in [0.717, 1.165) is 0 Å². The van der Waals surface area contributed by atoms with Gasteiger partial charge in [0.05, 0.1) is 0 Å². The van der Waals surface area contributed by atoms with Crippen LogP contribution in [0.3, 0.4) is 0 Å². The molecule has 0 aliphatic carbocycles. The summed E-state index contributed by atoms with van der Waals surface area (Å²) in [4.78, 5) is 3.52. The number of thiocarbonyl (C=S) groups is 2. The molecule has 0 fully saturated rings. The Balaban J connectivity index is -0.000000143. The molecular formula is C6H14N2S4Se. The number of hydrogen-bond donors (Lipinski definition) is 2. The zero-order valence-electron chi connectivity index (χ0n) is 8.01. The van der Waals surface area contributed by atoms with Gasteiger partial charge in [-0.1, -0.05) is 24.4 Å². The van der Waals surface area contributed by atoms with Crippen LogP contribution in [0.4, 0.5) is 0 Å². The summed E-state index contributed by atoms with van der Waals surface area (Å²) < 4.78 is 1.24. The Morgan fingerprint density at radius 1 is 0.846 bits per heavy atom. The predicted octanol–water partition coefficient (Wildman–Crippen LogP) is 1.14. The molecule has 0 aromatic heterocycles. The Hall–Kier alpha value is 0.999. The Morgan fingerprint density at radius 2 is 0.923 bits per heavy atom. The van der Waals surface area contributed by atoms with Crippen LogP contribution in [-0.2, 0) is 0 Å². The summed E-state index contributed by atoms with van der Waals surface area (Å²) in [6.07, 6.45) is 0. The average molecular weight is 321 g/mol. The average Bonchev–Trinajstić information content (AvgIpc) is 1.88. The van der Waals surface area contributed by atoms with E-state index in [1.165, 1.54) is 0 Å². The summed E-state index contributed by atoms with van der Waals surface area (Å²) in [7, 11) is 7.43. The molecule has 0 atom stereocenters. The third kappa shape index (κ3) is 19.4. The van der Waals surface area contributed by atoms with Crippen molar-refractivity contribution in [2.75, 3.05) is 28.2 Å². The molecule has 0 saturated carbocycles. The molecule has 0 aliphatic rings. The maximum absolute atomic E-state index is 4.61. The first-order valence-electron chi connectivity index (χ1n) is 3.09. The van der Waals surface area contributed by atoms with E-state index in [9.17, 15) is 0 Å². The predicted molar refractivity (Wildman–Crippen MR) is 76.3 cm³/mol. The van der Waals surface area contributed by atoms with Crippen molar-refractivity contribution in [1.29, 1.82) is 0 Å². The minimum absolute atomic E-state index is 0. The van der Waals surface area contributed by atoms with Gasteiger partial charge in [0.15, 0.2) is 0 Å². The van der Waals surface area contributed by atoms with Crippen LogP contribution in [-0.4, -0.2) is 63.7 Å². The van der Waals surface area contributed by atoms with Gasteiger partial charge in [0, 0.05) is 45.3 Å². The molecule has 0 aromatic carbocycles. The van der Waals surface area contributed by atoms with E-state index in [2.05, 4.69) is 49.7 Å². The summed E-state index contributed by atoms with van der Waals surface area (Å²) in [5.74, 6) is 0. The first kappa shape index (κ1) is 19.6. The molecule has 0 aliphatic heterocycles. The van der Waals surface area contributed by atoms with Crippen LogP contribution in [0.15, 0.2) is 0 Å². The summed E-state index contributed by atoms with van der Waals surface area (Å²) in [5, 5.41) is 0. The summed E-state index contributed by atoms with van der Waals surface area (Å²) in [6.45, 7) is 0. The van der Waals surface area contributed by atoms with Crippen molar-refractivity contribution in [1.82, 2.24) is 9.80 Å². The standard InChI is InChI=1S/2C3H7NS2.Se/c2*1-4(2)3(5)6;/h2*1-2H3,(H,5,6);. The minimum atomic E-state index is 0. The van der Waals surface area contributed by atoms with E-state index in [0.29, 0.717) is 8.64 Å². The van der Waals surface area contributed by atoms with Crippen LogP contribution in [0.25, 0.3) is 0 Å². The van der Waals surface area contributed by atoms with E-state index < -0.39 is 0 Å². The van der Waals surface area contributed by atoms with Crippen molar-refractivity contribution in [3.8, 4) is 0 Å². The molecular weight excluding hydrogens is 307 g/mol. The van der Waals surface area contributed by atoms with Gasteiger partial charge in [-0.15, -0.1) is 25.3 Å². The fourth-order valence-corrected chi connectivity index (χ4v) is 0. The molecule has 0 unspecified atom stereocenters. The van der Waals surface area contributed by atoms with E-state index in [-0.39, 0.29) is 17.1 Å². The molecule has 0 rings (SSSR count). The van der Waals surface area contributed by atoms with Crippen molar-refractivity contribution < 1.29 is 0 Å². The molecule has 2 nitrogen and oxygen atoms in total. The quantitative estimate of drug-likeness (QED) is 0.392. The third-order valence-electron chi connectivity index (χ3n) is 0.765. The van der Waals surface area contributed by atoms with Crippen LogP contribution >= 0.6 is 49.7 Å². The van der Waals surface area contributed by atoms with Crippen molar-refractivity contribution in [2.24, 2.45) is 0 Å². The van der Waals surface area contributed by atoms with Crippen LogP contribution in [0.1, 0.15) is 0 Å². The molecule has 13 heavy (non-hydrogen) atoms. The Bertz CT molecular complexity index is 143. The normalized spacial score (nSPS) is 7.23. The second-order valence-corrected chi connectivity index (χ2v) is 4.58. The van der Waals surface area contributed by atoms with Gasteiger partial charge in [0.1, 0.15) is 8.64 Å². The molecule has 0 saturated heterocycles. The first-order valence-corrected chi connectivity index (χ1v) is 4.80. The molecule has 78 valence electrons. The molecule has 7 heteroatoms. The van der Waals surface area contributed by atoms with E-state index in [1.807, 2.05) is 28.2 Å². The summed E-state index contributed by atoms with van der Waals surface area (Å²) in [5.41, 5.74) is 0. The smallest absolute Gasteiger partial charge is 0.132 e. The third-order valence-corrected chi connectivity index (χ3v) is 2.30. The van der Waals surface area contributed by atoms with Crippen LogP contribution in [0.2, 0.25) is 0 Å². The second kappa shape index (κ2) is 11.1. The van der Waals surface area contributed by atoms with Crippen molar-refractivity contribution in [3.05, 3.63) is 0 Å². The van der Waals surface area contributed by atoms with E-state index in [1.54, 1.807) is 9.80 Å². The van der Waals surface area contributed by atoms with Gasteiger partial charge in [-0.05, 0) is 0 Å². The first-order chi connectivity index (χ1) is 5.29. The zero-order chi connectivity index (χ0) is 10.3. The van der Waals surface area contributed by atoms with Gasteiger partial charge in [0.2, 0.25) is 0 Å². The monoisotopic (exact) mass is 322 g/mol. The molecule has 0 heterocycles. The van der Waals surface area contributed by atoms with Gasteiger partial charge < -0.3 is 9.80 Å². The molecule has 0 bridgehead atoms. The molecule has 0 amide bonds. The van der Waals surface area contributed by atoms with Crippen LogP contribution in [0, 0.1) is 0 Å². The second-order valence-electron chi connectivity index (χ2n) is 2.35. The molecule has 0 aromatic rings. The van der Waals surface area contributed by atoms with Crippen molar-refractivity contribution in [2.45, 2.75) is 0 Å². The Labute approximate surface area is 113 Å². The Kier molecular flexibility index (Phi) is 16.7. The molecule has 0 N–H and O–H groups in total. The number of thiol groups is 2. The summed E-state index contributed by atoms with van der Waals surface area (Å²) in [6, 6.07) is 0. The largest absolute Gasteiger partial charge is 0.364 e. The zero-order valence-corrected chi connectivity index (χ0v) is 13.1. The van der Waals surface area contributed by atoms with Gasteiger partial charge >= 0.3 is 0 Å². The van der Waals surface area contributed by atoms with Crippen LogP contribution < -0.4 is 0 Å². The van der Waals surface area contributed by atoms with Gasteiger partial charge in [-0.3, -0.25) is 0 Å². The van der Waals surface area contributed by atoms with Gasteiger partial charge in [0.25, 0.3) is 0 Å². The summed E-state index contributed by atoms with van der Waals surface area (Å²) >= 11 is 16.9. The molecule has 0 spiro atoms. The molecule has 2 radical (unpaired) electrons. The number of hydrogen-bond acceptors (Lipinski definition) is 2. The van der Waals surface area contributed by atoms with E-state index in [4.69, 9.17) is 0 Å². The Morgan fingerprint density at radius 3 is 0.923 bits per heavy atom.